The Kier molecular flexibility index (Phi) is 3.87. The molecule has 2 heterocycles. The first-order valence-corrected chi connectivity index (χ1v) is 7.97. The number of nitrogens with zero attached hydrogens (tertiary/aromatic N) is 3. The molecule has 0 unspecified atom stereocenters. The summed E-state index contributed by atoms with van der Waals surface area (Å²) in [5.41, 5.74) is -0.440. The first kappa shape index (κ1) is 16.5. The molecule has 0 radical (unpaired) electrons. The van der Waals surface area contributed by atoms with Gasteiger partial charge in [-0.2, -0.15) is 9.61 Å². The van der Waals surface area contributed by atoms with Gasteiger partial charge in [0.1, 0.15) is 5.65 Å². The SMILES string of the molecule is CC(C)(C)Cn1c(=O)c(C(=O)NC2CC2)c(O)n2nc(CO)cc12. The van der Waals surface area contributed by atoms with Crippen LogP contribution in [0, 0.1) is 5.41 Å². The molecule has 3 N–H and O–H groups in total. The smallest absolute Gasteiger partial charge is 0.270 e. The Hall–Kier alpha value is -2.35. The van der Waals surface area contributed by atoms with Crippen LogP contribution in [-0.2, 0) is 13.2 Å². The van der Waals surface area contributed by atoms with Gasteiger partial charge in [0, 0.05) is 18.7 Å². The zero-order valence-electron chi connectivity index (χ0n) is 14.0. The molecule has 1 aliphatic rings. The molecule has 0 aliphatic heterocycles. The van der Waals surface area contributed by atoms with E-state index in [1.165, 1.54) is 10.6 Å². The van der Waals surface area contributed by atoms with E-state index in [0.29, 0.717) is 17.9 Å². The van der Waals surface area contributed by atoms with Crippen LogP contribution in [0.25, 0.3) is 5.65 Å². The number of fused-ring (bicyclic) bond motifs is 1. The monoisotopic (exact) mass is 334 g/mol. The van der Waals surface area contributed by atoms with E-state index in [1.807, 2.05) is 20.8 Å². The van der Waals surface area contributed by atoms with Crippen molar-refractivity contribution in [3.63, 3.8) is 0 Å². The van der Waals surface area contributed by atoms with Crippen LogP contribution in [0.4, 0.5) is 0 Å². The minimum atomic E-state index is -0.592. The summed E-state index contributed by atoms with van der Waals surface area (Å²) in [5.74, 6) is -1.09. The van der Waals surface area contributed by atoms with Crippen molar-refractivity contribution >= 4 is 11.6 Å². The first-order chi connectivity index (χ1) is 11.2. The molecule has 130 valence electrons. The molecule has 8 nitrogen and oxygen atoms in total. The average Bonchev–Trinajstić information content (AvgIpc) is 3.17. The Morgan fingerprint density at radius 3 is 2.62 bits per heavy atom. The van der Waals surface area contributed by atoms with Crippen LogP contribution in [0.1, 0.15) is 49.7 Å². The molecule has 1 amide bonds. The van der Waals surface area contributed by atoms with Gasteiger partial charge in [0.15, 0.2) is 5.56 Å². The maximum atomic E-state index is 12.9. The Balaban J connectivity index is 2.23. The Morgan fingerprint density at radius 2 is 2.08 bits per heavy atom. The summed E-state index contributed by atoms with van der Waals surface area (Å²) >= 11 is 0. The lowest BCUT2D eigenvalue weighted by molar-refractivity contribution is 0.0944. The average molecular weight is 334 g/mol. The third-order valence-corrected chi connectivity index (χ3v) is 3.84. The number of carbonyl (C=O) groups is 1. The van der Waals surface area contributed by atoms with Crippen LogP contribution in [0.5, 0.6) is 5.88 Å². The van der Waals surface area contributed by atoms with E-state index < -0.39 is 17.3 Å². The van der Waals surface area contributed by atoms with Crippen LogP contribution < -0.4 is 10.9 Å². The summed E-state index contributed by atoms with van der Waals surface area (Å²) in [6.45, 7) is 5.92. The number of amides is 1. The van der Waals surface area contributed by atoms with E-state index in [1.54, 1.807) is 0 Å². The molecule has 1 fully saturated rings. The lowest BCUT2D eigenvalue weighted by Crippen LogP contribution is -2.37. The highest BCUT2D eigenvalue weighted by atomic mass is 16.3. The van der Waals surface area contributed by atoms with Gasteiger partial charge in [0.25, 0.3) is 11.5 Å². The van der Waals surface area contributed by atoms with E-state index in [9.17, 15) is 19.8 Å². The number of nitrogens with one attached hydrogen (secondary N) is 1. The molecule has 1 aliphatic carbocycles. The quantitative estimate of drug-likeness (QED) is 0.760. The Morgan fingerprint density at radius 1 is 1.42 bits per heavy atom. The van der Waals surface area contributed by atoms with Gasteiger partial charge in [0.2, 0.25) is 5.88 Å². The summed E-state index contributed by atoms with van der Waals surface area (Å²) in [4.78, 5) is 25.3. The highest BCUT2D eigenvalue weighted by Crippen LogP contribution is 2.23. The third-order valence-electron chi connectivity index (χ3n) is 3.84. The summed E-state index contributed by atoms with van der Waals surface area (Å²) in [6, 6.07) is 1.60. The molecule has 1 saturated carbocycles. The van der Waals surface area contributed by atoms with E-state index in [2.05, 4.69) is 10.4 Å². The maximum absolute atomic E-state index is 12.9. The van der Waals surface area contributed by atoms with Gasteiger partial charge in [-0.15, -0.1) is 0 Å². The van der Waals surface area contributed by atoms with Crippen molar-refractivity contribution in [3.8, 4) is 5.88 Å². The molecular formula is C16H22N4O4. The molecule has 2 aromatic rings. The van der Waals surface area contributed by atoms with Gasteiger partial charge in [-0.25, -0.2) is 0 Å². The normalized spacial score (nSPS) is 15.0. The number of aromatic hydroxyl groups is 1. The van der Waals surface area contributed by atoms with Crippen molar-refractivity contribution in [3.05, 3.63) is 27.7 Å². The van der Waals surface area contributed by atoms with Crippen molar-refractivity contribution in [2.24, 2.45) is 5.41 Å². The molecule has 0 spiro atoms. The van der Waals surface area contributed by atoms with Crippen LogP contribution in [0.3, 0.4) is 0 Å². The zero-order chi connectivity index (χ0) is 17.6. The maximum Gasteiger partial charge on any atom is 0.270 e. The van der Waals surface area contributed by atoms with Gasteiger partial charge >= 0.3 is 0 Å². The largest absolute Gasteiger partial charge is 0.492 e. The predicted octanol–water partition coefficient (Wildman–Crippen LogP) is 0.632. The topological polar surface area (TPSA) is 109 Å². The fourth-order valence-corrected chi connectivity index (χ4v) is 2.60. The lowest BCUT2D eigenvalue weighted by Gasteiger charge is -2.21. The number of hydrogen-bond donors (Lipinski definition) is 3. The molecule has 3 rings (SSSR count). The van der Waals surface area contributed by atoms with Gasteiger partial charge in [-0.05, 0) is 18.3 Å². The minimum Gasteiger partial charge on any atom is -0.492 e. The third kappa shape index (κ3) is 3.01. The highest BCUT2D eigenvalue weighted by Gasteiger charge is 2.30. The van der Waals surface area contributed by atoms with Crippen LogP contribution >= 0.6 is 0 Å². The molecule has 0 aromatic carbocycles. The predicted molar refractivity (Wildman–Crippen MR) is 87.0 cm³/mol. The van der Waals surface area contributed by atoms with Crippen LogP contribution in [-0.4, -0.2) is 36.3 Å². The van der Waals surface area contributed by atoms with E-state index in [4.69, 9.17) is 0 Å². The van der Waals surface area contributed by atoms with Gasteiger partial charge < -0.3 is 15.5 Å². The number of aliphatic hydroxyl groups is 1. The van der Waals surface area contributed by atoms with Gasteiger partial charge in [-0.1, -0.05) is 20.8 Å². The van der Waals surface area contributed by atoms with Crippen molar-refractivity contribution in [1.82, 2.24) is 19.5 Å². The molecule has 8 heteroatoms. The number of carbonyl (C=O) groups excluding carboxylic acids is 1. The van der Waals surface area contributed by atoms with Gasteiger partial charge in [0.05, 0.1) is 12.3 Å². The van der Waals surface area contributed by atoms with Gasteiger partial charge in [-0.3, -0.25) is 14.2 Å². The molecule has 0 bridgehead atoms. The standard InChI is InChI=1S/C16H22N4O4/c1-16(2,3)8-19-11-6-10(7-21)18-20(11)15(24)12(14(19)23)13(22)17-9-4-5-9/h6,9,21,24H,4-5,7-8H2,1-3H3,(H,17,22). The second-order valence-electron chi connectivity index (χ2n) is 7.46. The molecular weight excluding hydrogens is 312 g/mol. The number of aliphatic hydroxyl groups excluding tert-OH is 1. The fourth-order valence-electron chi connectivity index (χ4n) is 2.60. The highest BCUT2D eigenvalue weighted by molar-refractivity contribution is 5.96. The Bertz CT molecular complexity index is 856. The summed E-state index contributed by atoms with van der Waals surface area (Å²) in [7, 11) is 0. The number of aromatic nitrogens is 3. The second kappa shape index (κ2) is 5.62. The fraction of sp³-hybridized carbons (Fsp3) is 0.562. The number of hydrogen-bond acceptors (Lipinski definition) is 5. The van der Waals surface area contributed by atoms with Crippen LogP contribution in [0.15, 0.2) is 10.9 Å². The van der Waals surface area contributed by atoms with Crippen molar-refractivity contribution in [1.29, 1.82) is 0 Å². The van der Waals surface area contributed by atoms with E-state index in [-0.39, 0.29) is 23.6 Å². The molecule has 2 aromatic heterocycles. The van der Waals surface area contributed by atoms with Crippen LogP contribution in [0.2, 0.25) is 0 Å². The molecule has 0 saturated heterocycles. The second-order valence-corrected chi connectivity index (χ2v) is 7.46. The van der Waals surface area contributed by atoms with Crippen molar-refractivity contribution < 1.29 is 15.0 Å². The molecule has 0 atom stereocenters. The van der Waals surface area contributed by atoms with Crippen molar-refractivity contribution in [2.75, 3.05) is 0 Å². The lowest BCUT2D eigenvalue weighted by atomic mass is 9.97. The summed E-state index contributed by atoms with van der Waals surface area (Å²) < 4.78 is 2.56. The summed E-state index contributed by atoms with van der Waals surface area (Å²) in [5, 5.41) is 26.5. The van der Waals surface area contributed by atoms with Crippen molar-refractivity contribution in [2.45, 2.75) is 52.8 Å². The van der Waals surface area contributed by atoms with E-state index in [0.717, 1.165) is 17.4 Å². The zero-order valence-corrected chi connectivity index (χ0v) is 14.0. The van der Waals surface area contributed by atoms with E-state index >= 15 is 0 Å². The summed E-state index contributed by atoms with van der Waals surface area (Å²) in [6.07, 6.45) is 1.75. The minimum absolute atomic E-state index is 0.0636. The first-order valence-electron chi connectivity index (χ1n) is 7.97. The molecule has 24 heavy (non-hydrogen) atoms. The number of rotatable bonds is 4. The Labute approximate surface area is 138 Å².